The zero-order chi connectivity index (χ0) is 13.0. The number of nitrogens with zero attached hydrogens (tertiary/aromatic N) is 1. The zero-order valence-electron chi connectivity index (χ0n) is 10.6. The summed E-state index contributed by atoms with van der Waals surface area (Å²) in [6, 6.07) is 7.37. The molecule has 0 atom stereocenters. The fraction of sp³-hybridized carbons (Fsp3) is 0.500. The topological polar surface area (TPSA) is 29.5 Å². The average molecular weight is 268 g/mol. The third-order valence-corrected chi connectivity index (χ3v) is 3.89. The van der Waals surface area contributed by atoms with Crippen LogP contribution in [-0.2, 0) is 0 Å². The van der Waals surface area contributed by atoms with Crippen LogP contribution in [0.25, 0.3) is 0 Å². The van der Waals surface area contributed by atoms with Crippen molar-refractivity contribution >= 4 is 17.5 Å². The van der Waals surface area contributed by atoms with E-state index >= 15 is 0 Å². The summed E-state index contributed by atoms with van der Waals surface area (Å²) in [5.74, 6) is 1.94. The molecule has 98 valence electrons. The molecule has 0 saturated carbocycles. The Morgan fingerprint density at radius 1 is 1.39 bits per heavy atom. The molecular weight excluding hydrogens is 250 g/mol. The number of para-hydroxylation sites is 1. The molecule has 1 amide bonds. The minimum Gasteiger partial charge on any atom is -0.496 e. The first-order chi connectivity index (χ1) is 8.76. The summed E-state index contributed by atoms with van der Waals surface area (Å²) >= 11 is 5.85. The normalized spacial score (nSPS) is 16.7. The van der Waals surface area contributed by atoms with Gasteiger partial charge >= 0.3 is 0 Å². The Hall–Kier alpha value is -1.22. The fourth-order valence-electron chi connectivity index (χ4n) is 2.28. The summed E-state index contributed by atoms with van der Waals surface area (Å²) in [4.78, 5) is 14.3. The van der Waals surface area contributed by atoms with E-state index in [4.69, 9.17) is 16.3 Å². The predicted octanol–water partition coefficient (Wildman–Crippen LogP) is 2.79. The molecule has 2 rings (SSSR count). The molecule has 0 N–H and O–H groups in total. The molecule has 1 aliphatic rings. The van der Waals surface area contributed by atoms with Crippen molar-refractivity contribution in [3.05, 3.63) is 29.8 Å². The number of rotatable bonds is 3. The van der Waals surface area contributed by atoms with Gasteiger partial charge in [0, 0.05) is 19.0 Å². The minimum atomic E-state index is 0.0560. The average Bonchev–Trinajstić information content (AvgIpc) is 2.46. The smallest absolute Gasteiger partial charge is 0.257 e. The van der Waals surface area contributed by atoms with E-state index < -0.39 is 0 Å². The largest absolute Gasteiger partial charge is 0.496 e. The van der Waals surface area contributed by atoms with Crippen LogP contribution >= 0.6 is 11.6 Å². The molecule has 1 heterocycles. The van der Waals surface area contributed by atoms with Crippen molar-refractivity contribution in [3.8, 4) is 5.75 Å². The van der Waals surface area contributed by atoms with Crippen LogP contribution in [0.2, 0.25) is 0 Å². The Morgan fingerprint density at radius 2 is 2.06 bits per heavy atom. The first-order valence-corrected chi connectivity index (χ1v) is 6.78. The van der Waals surface area contributed by atoms with E-state index in [0.717, 1.165) is 25.9 Å². The fourth-order valence-corrected chi connectivity index (χ4v) is 2.59. The molecule has 0 spiro atoms. The molecule has 1 fully saturated rings. The molecule has 0 aromatic heterocycles. The second kappa shape index (κ2) is 6.10. The molecule has 4 heteroatoms. The van der Waals surface area contributed by atoms with Gasteiger partial charge in [-0.05, 0) is 30.9 Å². The van der Waals surface area contributed by atoms with Gasteiger partial charge in [-0.25, -0.2) is 0 Å². The number of piperidine rings is 1. The highest BCUT2D eigenvalue weighted by molar-refractivity contribution is 6.18. The van der Waals surface area contributed by atoms with Gasteiger partial charge in [0.1, 0.15) is 5.75 Å². The van der Waals surface area contributed by atoms with Crippen LogP contribution in [0.15, 0.2) is 24.3 Å². The van der Waals surface area contributed by atoms with Gasteiger partial charge in [-0.15, -0.1) is 11.6 Å². The molecule has 0 bridgehead atoms. The number of methoxy groups -OCH3 is 1. The zero-order valence-corrected chi connectivity index (χ0v) is 11.3. The molecule has 0 radical (unpaired) electrons. The van der Waals surface area contributed by atoms with Crippen molar-refractivity contribution in [2.75, 3.05) is 26.1 Å². The predicted molar refractivity (Wildman–Crippen MR) is 72.3 cm³/mol. The number of halogens is 1. The van der Waals surface area contributed by atoms with Gasteiger partial charge in [-0.3, -0.25) is 4.79 Å². The maximum absolute atomic E-state index is 12.4. The summed E-state index contributed by atoms with van der Waals surface area (Å²) in [5, 5.41) is 0. The van der Waals surface area contributed by atoms with Crippen molar-refractivity contribution in [3.63, 3.8) is 0 Å². The van der Waals surface area contributed by atoms with Crippen LogP contribution in [0.5, 0.6) is 5.75 Å². The van der Waals surface area contributed by atoms with Crippen LogP contribution in [0.3, 0.4) is 0 Å². The Bertz CT molecular complexity index is 414. The van der Waals surface area contributed by atoms with Crippen LogP contribution in [0, 0.1) is 5.92 Å². The number of likely N-dealkylation sites (tertiary alicyclic amines) is 1. The maximum Gasteiger partial charge on any atom is 0.257 e. The van der Waals surface area contributed by atoms with Crippen molar-refractivity contribution in [1.82, 2.24) is 4.90 Å². The maximum atomic E-state index is 12.4. The second-order valence-electron chi connectivity index (χ2n) is 4.59. The lowest BCUT2D eigenvalue weighted by Crippen LogP contribution is -2.38. The quantitative estimate of drug-likeness (QED) is 0.788. The third kappa shape index (κ3) is 2.78. The Kier molecular flexibility index (Phi) is 4.48. The van der Waals surface area contributed by atoms with Gasteiger partial charge in [0.15, 0.2) is 0 Å². The lowest BCUT2D eigenvalue weighted by Gasteiger charge is -2.31. The molecule has 1 saturated heterocycles. The summed E-state index contributed by atoms with van der Waals surface area (Å²) in [5.41, 5.74) is 0.643. The Labute approximate surface area is 113 Å². The lowest BCUT2D eigenvalue weighted by atomic mass is 9.98. The number of alkyl halides is 1. The molecule has 1 aliphatic heterocycles. The van der Waals surface area contributed by atoms with Gasteiger partial charge < -0.3 is 9.64 Å². The first-order valence-electron chi connectivity index (χ1n) is 6.24. The number of amides is 1. The number of carbonyl (C=O) groups is 1. The van der Waals surface area contributed by atoms with E-state index in [9.17, 15) is 4.79 Å². The van der Waals surface area contributed by atoms with Crippen molar-refractivity contribution in [2.45, 2.75) is 12.8 Å². The van der Waals surface area contributed by atoms with E-state index in [1.165, 1.54) is 0 Å². The molecule has 0 aliphatic carbocycles. The van der Waals surface area contributed by atoms with Crippen molar-refractivity contribution in [1.29, 1.82) is 0 Å². The Morgan fingerprint density at radius 3 is 2.67 bits per heavy atom. The summed E-state index contributed by atoms with van der Waals surface area (Å²) in [6.07, 6.45) is 1.98. The SMILES string of the molecule is COc1ccccc1C(=O)N1CCC(CCl)CC1. The standard InChI is InChI=1S/C14H18ClNO2/c1-18-13-5-3-2-4-12(13)14(17)16-8-6-11(10-15)7-9-16/h2-5,11H,6-10H2,1H3. The summed E-state index contributed by atoms with van der Waals surface area (Å²) in [6.45, 7) is 1.57. The molecule has 1 aromatic carbocycles. The number of carbonyl (C=O) groups excluding carboxylic acids is 1. The highest BCUT2D eigenvalue weighted by Gasteiger charge is 2.24. The number of hydrogen-bond donors (Lipinski definition) is 0. The number of ether oxygens (including phenoxy) is 1. The molecule has 18 heavy (non-hydrogen) atoms. The van der Waals surface area contributed by atoms with E-state index in [1.54, 1.807) is 7.11 Å². The van der Waals surface area contributed by atoms with Gasteiger partial charge in [0.25, 0.3) is 5.91 Å². The van der Waals surface area contributed by atoms with E-state index in [-0.39, 0.29) is 5.91 Å². The second-order valence-corrected chi connectivity index (χ2v) is 4.90. The third-order valence-electron chi connectivity index (χ3n) is 3.46. The van der Waals surface area contributed by atoms with Gasteiger partial charge in [0.2, 0.25) is 0 Å². The molecular formula is C14H18ClNO2. The number of benzene rings is 1. The number of hydrogen-bond acceptors (Lipinski definition) is 2. The van der Waals surface area contributed by atoms with Crippen molar-refractivity contribution < 1.29 is 9.53 Å². The monoisotopic (exact) mass is 267 g/mol. The summed E-state index contributed by atoms with van der Waals surface area (Å²) in [7, 11) is 1.59. The van der Waals surface area contributed by atoms with Crippen LogP contribution in [0.1, 0.15) is 23.2 Å². The Balaban J connectivity index is 2.08. The van der Waals surface area contributed by atoms with E-state index in [1.807, 2.05) is 29.2 Å². The van der Waals surface area contributed by atoms with Crippen molar-refractivity contribution in [2.24, 2.45) is 5.92 Å². The van der Waals surface area contributed by atoms with Crippen LogP contribution < -0.4 is 4.74 Å². The van der Waals surface area contributed by atoms with Gasteiger partial charge in [-0.1, -0.05) is 12.1 Å². The molecule has 0 unspecified atom stereocenters. The van der Waals surface area contributed by atoms with Crippen LogP contribution in [-0.4, -0.2) is 36.9 Å². The highest BCUT2D eigenvalue weighted by atomic mass is 35.5. The van der Waals surface area contributed by atoms with E-state index in [2.05, 4.69) is 0 Å². The van der Waals surface area contributed by atoms with Crippen LogP contribution in [0.4, 0.5) is 0 Å². The van der Waals surface area contributed by atoms with E-state index in [0.29, 0.717) is 23.1 Å². The first kappa shape index (κ1) is 13.2. The van der Waals surface area contributed by atoms with Gasteiger partial charge in [-0.2, -0.15) is 0 Å². The molecule has 3 nitrogen and oxygen atoms in total. The highest BCUT2D eigenvalue weighted by Crippen LogP contribution is 2.23. The van der Waals surface area contributed by atoms with Gasteiger partial charge in [0.05, 0.1) is 12.7 Å². The molecule has 1 aromatic rings. The summed E-state index contributed by atoms with van der Waals surface area (Å²) < 4.78 is 5.23. The lowest BCUT2D eigenvalue weighted by molar-refractivity contribution is 0.0695. The minimum absolute atomic E-state index is 0.0560.